The summed E-state index contributed by atoms with van der Waals surface area (Å²) in [6.07, 6.45) is 7.35. The SMILES string of the molecule is c1cnc(C2CCCCN2)nc1. The van der Waals surface area contributed by atoms with Crippen LogP contribution in [0.3, 0.4) is 0 Å². The van der Waals surface area contributed by atoms with E-state index >= 15 is 0 Å². The van der Waals surface area contributed by atoms with Crippen LogP contribution in [0.5, 0.6) is 0 Å². The normalized spacial score (nSPS) is 23.8. The Labute approximate surface area is 72.2 Å². The van der Waals surface area contributed by atoms with Crippen LogP contribution in [0.25, 0.3) is 0 Å². The molecule has 1 N–H and O–H groups in total. The maximum absolute atomic E-state index is 4.23. The number of piperidine rings is 1. The molecule has 1 fully saturated rings. The smallest absolute Gasteiger partial charge is 0.145 e. The summed E-state index contributed by atoms with van der Waals surface area (Å²) >= 11 is 0. The van der Waals surface area contributed by atoms with Crippen molar-refractivity contribution in [3.05, 3.63) is 24.3 Å². The average molecular weight is 163 g/mol. The fourth-order valence-electron chi connectivity index (χ4n) is 1.56. The van der Waals surface area contributed by atoms with E-state index in [9.17, 15) is 0 Å². The second kappa shape index (κ2) is 3.63. The van der Waals surface area contributed by atoms with Crippen molar-refractivity contribution in [1.29, 1.82) is 0 Å². The van der Waals surface area contributed by atoms with Gasteiger partial charge >= 0.3 is 0 Å². The van der Waals surface area contributed by atoms with Crippen molar-refractivity contribution in [2.75, 3.05) is 6.54 Å². The molecule has 3 nitrogen and oxygen atoms in total. The van der Waals surface area contributed by atoms with Gasteiger partial charge in [0.25, 0.3) is 0 Å². The topological polar surface area (TPSA) is 37.8 Å². The van der Waals surface area contributed by atoms with Crippen LogP contribution < -0.4 is 5.32 Å². The first kappa shape index (κ1) is 7.68. The zero-order chi connectivity index (χ0) is 8.23. The van der Waals surface area contributed by atoms with Gasteiger partial charge in [0.15, 0.2) is 0 Å². The van der Waals surface area contributed by atoms with Gasteiger partial charge in [-0.1, -0.05) is 6.42 Å². The molecule has 2 heterocycles. The molecule has 1 aromatic heterocycles. The zero-order valence-corrected chi connectivity index (χ0v) is 7.03. The maximum Gasteiger partial charge on any atom is 0.145 e. The van der Waals surface area contributed by atoms with Gasteiger partial charge in [-0.25, -0.2) is 9.97 Å². The summed E-state index contributed by atoms with van der Waals surface area (Å²) in [5.74, 6) is 0.942. The van der Waals surface area contributed by atoms with Crippen molar-refractivity contribution in [1.82, 2.24) is 15.3 Å². The minimum atomic E-state index is 0.389. The summed E-state index contributed by atoms with van der Waals surface area (Å²) in [5.41, 5.74) is 0. The highest BCUT2D eigenvalue weighted by Crippen LogP contribution is 2.18. The molecule has 1 aliphatic rings. The predicted octanol–water partition coefficient (Wildman–Crippen LogP) is 1.29. The van der Waals surface area contributed by atoms with Crippen LogP contribution >= 0.6 is 0 Å². The largest absolute Gasteiger partial charge is 0.307 e. The van der Waals surface area contributed by atoms with Gasteiger partial charge in [0.05, 0.1) is 6.04 Å². The second-order valence-corrected chi connectivity index (χ2v) is 3.11. The van der Waals surface area contributed by atoms with Crippen LogP contribution in [0.1, 0.15) is 31.1 Å². The molecule has 1 saturated heterocycles. The van der Waals surface area contributed by atoms with E-state index in [1.54, 1.807) is 12.4 Å². The van der Waals surface area contributed by atoms with Crippen molar-refractivity contribution in [2.45, 2.75) is 25.3 Å². The number of nitrogens with one attached hydrogen (secondary N) is 1. The first-order valence-corrected chi connectivity index (χ1v) is 4.47. The van der Waals surface area contributed by atoms with Crippen LogP contribution in [-0.2, 0) is 0 Å². The van der Waals surface area contributed by atoms with Crippen molar-refractivity contribution < 1.29 is 0 Å². The van der Waals surface area contributed by atoms with E-state index in [0.717, 1.165) is 12.4 Å². The first-order chi connectivity index (χ1) is 5.97. The monoisotopic (exact) mass is 163 g/mol. The van der Waals surface area contributed by atoms with Crippen molar-refractivity contribution in [3.63, 3.8) is 0 Å². The molecule has 0 aromatic carbocycles. The molecule has 64 valence electrons. The first-order valence-electron chi connectivity index (χ1n) is 4.47. The third-order valence-electron chi connectivity index (χ3n) is 2.21. The van der Waals surface area contributed by atoms with Gasteiger partial charge in [0.2, 0.25) is 0 Å². The summed E-state index contributed by atoms with van der Waals surface area (Å²) < 4.78 is 0. The lowest BCUT2D eigenvalue weighted by Gasteiger charge is -2.21. The lowest BCUT2D eigenvalue weighted by atomic mass is 10.0. The van der Waals surface area contributed by atoms with Gasteiger partial charge in [0, 0.05) is 12.4 Å². The third kappa shape index (κ3) is 1.61. The van der Waals surface area contributed by atoms with Gasteiger partial charge < -0.3 is 5.32 Å². The van der Waals surface area contributed by atoms with E-state index in [1.807, 2.05) is 6.07 Å². The lowest BCUT2D eigenvalue weighted by Crippen LogP contribution is -2.28. The van der Waals surface area contributed by atoms with Crippen molar-refractivity contribution in [3.8, 4) is 0 Å². The summed E-state index contributed by atoms with van der Waals surface area (Å²) in [4.78, 5) is 8.46. The van der Waals surface area contributed by atoms with Gasteiger partial charge in [0.1, 0.15) is 5.82 Å². The van der Waals surface area contributed by atoms with Crippen LogP contribution in [0.2, 0.25) is 0 Å². The van der Waals surface area contributed by atoms with E-state index in [-0.39, 0.29) is 0 Å². The highest BCUT2D eigenvalue weighted by atomic mass is 15.0. The summed E-state index contributed by atoms with van der Waals surface area (Å²) in [7, 11) is 0. The number of nitrogens with zero attached hydrogens (tertiary/aromatic N) is 2. The lowest BCUT2D eigenvalue weighted by molar-refractivity contribution is 0.397. The number of aromatic nitrogens is 2. The van der Waals surface area contributed by atoms with E-state index in [0.29, 0.717) is 6.04 Å². The second-order valence-electron chi connectivity index (χ2n) is 3.11. The number of hydrogen-bond acceptors (Lipinski definition) is 3. The standard InChI is InChI=1S/C9H13N3/c1-2-5-10-8(4-1)9-11-6-3-7-12-9/h3,6-8,10H,1-2,4-5H2. The minimum absolute atomic E-state index is 0.389. The Morgan fingerprint density at radius 1 is 1.25 bits per heavy atom. The van der Waals surface area contributed by atoms with Crippen molar-refractivity contribution in [2.24, 2.45) is 0 Å². The van der Waals surface area contributed by atoms with E-state index in [4.69, 9.17) is 0 Å². The van der Waals surface area contributed by atoms with Gasteiger partial charge in [-0.3, -0.25) is 0 Å². The fourth-order valence-corrected chi connectivity index (χ4v) is 1.56. The summed E-state index contributed by atoms with van der Waals surface area (Å²) in [5, 5.41) is 3.41. The van der Waals surface area contributed by atoms with Gasteiger partial charge in [-0.2, -0.15) is 0 Å². The third-order valence-corrected chi connectivity index (χ3v) is 2.21. The molecular formula is C9H13N3. The van der Waals surface area contributed by atoms with Gasteiger partial charge in [-0.15, -0.1) is 0 Å². The molecule has 12 heavy (non-hydrogen) atoms. The van der Waals surface area contributed by atoms with Crippen LogP contribution in [0.15, 0.2) is 18.5 Å². The molecule has 1 aliphatic heterocycles. The Balaban J connectivity index is 2.08. The van der Waals surface area contributed by atoms with Crippen molar-refractivity contribution >= 4 is 0 Å². The molecule has 0 bridgehead atoms. The summed E-state index contributed by atoms with van der Waals surface area (Å²) in [6, 6.07) is 2.24. The van der Waals surface area contributed by atoms with Crippen LogP contribution in [0.4, 0.5) is 0 Å². The Hall–Kier alpha value is -0.960. The van der Waals surface area contributed by atoms with E-state index in [2.05, 4.69) is 15.3 Å². The Bertz CT molecular complexity index is 229. The number of hydrogen-bond donors (Lipinski definition) is 1. The average Bonchev–Trinajstić information content (AvgIpc) is 2.21. The summed E-state index contributed by atoms with van der Waals surface area (Å²) in [6.45, 7) is 1.10. The molecule has 3 heteroatoms. The molecule has 0 aliphatic carbocycles. The van der Waals surface area contributed by atoms with E-state index < -0.39 is 0 Å². The highest BCUT2D eigenvalue weighted by Gasteiger charge is 2.15. The Kier molecular flexibility index (Phi) is 2.32. The Morgan fingerprint density at radius 3 is 2.75 bits per heavy atom. The highest BCUT2D eigenvalue weighted by molar-refractivity contribution is 4.96. The molecule has 0 spiro atoms. The van der Waals surface area contributed by atoms with E-state index in [1.165, 1.54) is 19.3 Å². The Morgan fingerprint density at radius 2 is 2.08 bits per heavy atom. The number of rotatable bonds is 1. The molecule has 0 amide bonds. The molecule has 0 radical (unpaired) electrons. The molecular weight excluding hydrogens is 150 g/mol. The fraction of sp³-hybridized carbons (Fsp3) is 0.556. The molecule has 0 saturated carbocycles. The van der Waals surface area contributed by atoms with Gasteiger partial charge in [-0.05, 0) is 25.5 Å². The molecule has 1 aromatic rings. The predicted molar refractivity (Wildman–Crippen MR) is 46.6 cm³/mol. The molecule has 1 unspecified atom stereocenters. The van der Waals surface area contributed by atoms with Crippen LogP contribution in [-0.4, -0.2) is 16.5 Å². The molecule has 2 rings (SSSR count). The minimum Gasteiger partial charge on any atom is -0.307 e. The maximum atomic E-state index is 4.23. The molecule has 1 atom stereocenters. The quantitative estimate of drug-likeness (QED) is 0.678. The zero-order valence-electron chi connectivity index (χ0n) is 7.03. The van der Waals surface area contributed by atoms with Crippen LogP contribution in [0, 0.1) is 0 Å².